The summed E-state index contributed by atoms with van der Waals surface area (Å²) in [6.45, 7) is 3.72. The van der Waals surface area contributed by atoms with Crippen LogP contribution in [0.2, 0.25) is 0 Å². The molecule has 3 unspecified atom stereocenters. The standard InChI is InChI=1S/C16H28N2O/c1-2-8-16(7-1)9-5-15(19-16)12-18-10-6-13-3-4-14(11-18)17-13/h13-15,17H,1-12H2. The van der Waals surface area contributed by atoms with Crippen LogP contribution < -0.4 is 5.32 Å². The molecule has 2 bridgehead atoms. The van der Waals surface area contributed by atoms with Gasteiger partial charge in [0.15, 0.2) is 0 Å². The highest BCUT2D eigenvalue weighted by Gasteiger charge is 2.42. The van der Waals surface area contributed by atoms with Gasteiger partial charge in [0.25, 0.3) is 0 Å². The van der Waals surface area contributed by atoms with Gasteiger partial charge in [-0.05, 0) is 51.5 Å². The monoisotopic (exact) mass is 264 g/mol. The Morgan fingerprint density at radius 2 is 1.84 bits per heavy atom. The molecule has 4 rings (SSSR count). The summed E-state index contributed by atoms with van der Waals surface area (Å²) in [5, 5.41) is 3.77. The third-order valence-electron chi connectivity index (χ3n) is 5.92. The van der Waals surface area contributed by atoms with E-state index in [1.807, 2.05) is 0 Å². The maximum atomic E-state index is 6.47. The van der Waals surface area contributed by atoms with Crippen molar-refractivity contribution in [2.24, 2.45) is 0 Å². The predicted octanol–water partition coefficient (Wildman–Crippen LogP) is 2.30. The summed E-state index contributed by atoms with van der Waals surface area (Å²) in [4.78, 5) is 2.68. The quantitative estimate of drug-likeness (QED) is 0.828. The smallest absolute Gasteiger partial charge is 0.0710 e. The van der Waals surface area contributed by atoms with E-state index in [1.54, 1.807) is 0 Å². The van der Waals surface area contributed by atoms with Gasteiger partial charge in [0.05, 0.1) is 11.7 Å². The summed E-state index contributed by atoms with van der Waals surface area (Å²) >= 11 is 0. The van der Waals surface area contributed by atoms with E-state index in [1.165, 1.54) is 77.4 Å². The van der Waals surface area contributed by atoms with E-state index >= 15 is 0 Å². The van der Waals surface area contributed by atoms with E-state index in [2.05, 4.69) is 10.2 Å². The fourth-order valence-electron chi connectivity index (χ4n) is 4.88. The Kier molecular flexibility index (Phi) is 3.33. The maximum Gasteiger partial charge on any atom is 0.0710 e. The average Bonchev–Trinajstić information content (AvgIpc) is 3.07. The first-order chi connectivity index (χ1) is 9.31. The molecule has 0 aromatic carbocycles. The van der Waals surface area contributed by atoms with Crippen LogP contribution in [0.1, 0.15) is 57.8 Å². The highest BCUT2D eigenvalue weighted by molar-refractivity contribution is 4.95. The van der Waals surface area contributed by atoms with E-state index < -0.39 is 0 Å². The Morgan fingerprint density at radius 3 is 2.74 bits per heavy atom. The molecule has 3 aliphatic heterocycles. The van der Waals surface area contributed by atoms with Crippen LogP contribution in [0.3, 0.4) is 0 Å². The topological polar surface area (TPSA) is 24.5 Å². The molecular formula is C16H28N2O. The van der Waals surface area contributed by atoms with Crippen molar-refractivity contribution in [3.05, 3.63) is 0 Å². The normalized spacial score (nSPS) is 42.0. The van der Waals surface area contributed by atoms with Crippen LogP contribution in [0.25, 0.3) is 0 Å². The number of hydrogen-bond acceptors (Lipinski definition) is 3. The van der Waals surface area contributed by atoms with Gasteiger partial charge in [-0.1, -0.05) is 12.8 Å². The van der Waals surface area contributed by atoms with Crippen LogP contribution in [-0.2, 0) is 4.74 Å². The number of nitrogens with zero attached hydrogens (tertiary/aromatic N) is 1. The lowest BCUT2D eigenvalue weighted by atomic mass is 9.98. The molecule has 0 amide bonds. The van der Waals surface area contributed by atoms with Crippen molar-refractivity contribution in [3.63, 3.8) is 0 Å². The van der Waals surface area contributed by atoms with Gasteiger partial charge < -0.3 is 10.1 Å². The van der Waals surface area contributed by atoms with Crippen LogP contribution >= 0.6 is 0 Å². The third kappa shape index (κ3) is 2.57. The Labute approximate surface area is 117 Å². The molecule has 4 fully saturated rings. The molecular weight excluding hydrogens is 236 g/mol. The first-order valence-corrected chi connectivity index (χ1v) is 8.48. The maximum absolute atomic E-state index is 6.47. The molecule has 4 aliphatic rings. The summed E-state index contributed by atoms with van der Waals surface area (Å²) < 4.78 is 6.47. The van der Waals surface area contributed by atoms with Crippen LogP contribution in [0.4, 0.5) is 0 Å². The van der Waals surface area contributed by atoms with E-state index in [4.69, 9.17) is 4.74 Å². The fourth-order valence-corrected chi connectivity index (χ4v) is 4.88. The molecule has 1 saturated carbocycles. The SMILES string of the molecule is C1CCC2(C1)CCC(CN1CCC3CCC(C1)N3)O2. The van der Waals surface area contributed by atoms with E-state index in [0.717, 1.165) is 12.1 Å². The predicted molar refractivity (Wildman–Crippen MR) is 76.3 cm³/mol. The second kappa shape index (κ2) is 5.01. The fraction of sp³-hybridized carbons (Fsp3) is 1.00. The number of likely N-dealkylation sites (tertiary alicyclic amines) is 1. The molecule has 3 atom stereocenters. The molecule has 3 heteroatoms. The summed E-state index contributed by atoms with van der Waals surface area (Å²) in [6, 6.07) is 1.56. The van der Waals surface area contributed by atoms with Crippen molar-refractivity contribution in [2.75, 3.05) is 19.6 Å². The minimum absolute atomic E-state index is 0.313. The van der Waals surface area contributed by atoms with Gasteiger partial charge in [0.1, 0.15) is 0 Å². The van der Waals surface area contributed by atoms with Crippen molar-refractivity contribution in [3.8, 4) is 0 Å². The molecule has 0 radical (unpaired) electrons. The Balaban J connectivity index is 1.32. The number of fused-ring (bicyclic) bond motifs is 2. The minimum Gasteiger partial charge on any atom is -0.370 e. The van der Waals surface area contributed by atoms with Gasteiger partial charge in [-0.15, -0.1) is 0 Å². The van der Waals surface area contributed by atoms with Crippen molar-refractivity contribution < 1.29 is 4.74 Å². The summed E-state index contributed by atoms with van der Waals surface area (Å²) in [7, 11) is 0. The lowest BCUT2D eigenvalue weighted by Crippen LogP contribution is -2.40. The van der Waals surface area contributed by atoms with Crippen LogP contribution in [-0.4, -0.2) is 48.3 Å². The van der Waals surface area contributed by atoms with Gasteiger partial charge in [-0.25, -0.2) is 0 Å². The van der Waals surface area contributed by atoms with Crippen molar-refractivity contribution >= 4 is 0 Å². The molecule has 0 aromatic rings. The number of rotatable bonds is 2. The second-order valence-corrected chi connectivity index (χ2v) is 7.35. The molecule has 3 saturated heterocycles. The Hall–Kier alpha value is -0.120. The van der Waals surface area contributed by atoms with E-state index in [0.29, 0.717) is 11.7 Å². The zero-order valence-electron chi connectivity index (χ0n) is 12.1. The highest BCUT2D eigenvalue weighted by Crippen LogP contribution is 2.43. The first-order valence-electron chi connectivity index (χ1n) is 8.48. The molecule has 108 valence electrons. The largest absolute Gasteiger partial charge is 0.370 e. The van der Waals surface area contributed by atoms with Crippen molar-refractivity contribution in [2.45, 2.75) is 81.6 Å². The van der Waals surface area contributed by atoms with Crippen LogP contribution in [0, 0.1) is 0 Å². The van der Waals surface area contributed by atoms with Gasteiger partial charge in [0.2, 0.25) is 0 Å². The van der Waals surface area contributed by atoms with E-state index in [-0.39, 0.29) is 0 Å². The van der Waals surface area contributed by atoms with Gasteiger partial charge in [0, 0.05) is 25.2 Å². The number of ether oxygens (including phenoxy) is 1. The summed E-state index contributed by atoms with van der Waals surface area (Å²) in [5.41, 5.74) is 0.313. The molecule has 1 spiro atoms. The van der Waals surface area contributed by atoms with Crippen LogP contribution in [0.5, 0.6) is 0 Å². The third-order valence-corrected chi connectivity index (χ3v) is 5.92. The highest BCUT2D eigenvalue weighted by atomic mass is 16.5. The zero-order chi connectivity index (χ0) is 12.7. The second-order valence-electron chi connectivity index (χ2n) is 7.35. The zero-order valence-corrected chi connectivity index (χ0v) is 12.1. The molecule has 0 aromatic heterocycles. The molecule has 19 heavy (non-hydrogen) atoms. The first kappa shape index (κ1) is 12.6. The summed E-state index contributed by atoms with van der Waals surface area (Å²) in [5.74, 6) is 0. The Morgan fingerprint density at radius 1 is 1.00 bits per heavy atom. The van der Waals surface area contributed by atoms with Gasteiger partial charge in [-0.2, -0.15) is 0 Å². The molecule has 3 nitrogen and oxygen atoms in total. The van der Waals surface area contributed by atoms with Crippen molar-refractivity contribution in [1.82, 2.24) is 10.2 Å². The van der Waals surface area contributed by atoms with Gasteiger partial charge in [-0.3, -0.25) is 4.90 Å². The van der Waals surface area contributed by atoms with E-state index in [9.17, 15) is 0 Å². The Bertz CT molecular complexity index is 327. The summed E-state index contributed by atoms with van der Waals surface area (Å²) in [6.07, 6.45) is 12.7. The number of hydrogen-bond donors (Lipinski definition) is 1. The molecule has 1 aliphatic carbocycles. The average molecular weight is 264 g/mol. The molecule has 3 heterocycles. The van der Waals surface area contributed by atoms with Crippen LogP contribution in [0.15, 0.2) is 0 Å². The minimum atomic E-state index is 0.313. The number of nitrogens with one attached hydrogen (secondary N) is 1. The van der Waals surface area contributed by atoms with Gasteiger partial charge >= 0.3 is 0 Å². The van der Waals surface area contributed by atoms with Crippen molar-refractivity contribution in [1.29, 1.82) is 0 Å². The lowest BCUT2D eigenvalue weighted by molar-refractivity contribution is -0.0475. The lowest BCUT2D eigenvalue weighted by Gasteiger charge is -2.29. The molecule has 1 N–H and O–H groups in total.